The van der Waals surface area contributed by atoms with E-state index in [1.807, 2.05) is 16.8 Å². The van der Waals surface area contributed by atoms with Crippen LogP contribution in [0.4, 0.5) is 5.82 Å². The van der Waals surface area contributed by atoms with Crippen LogP contribution in [0, 0.1) is 0 Å². The molecular weight excluding hydrogens is 468 g/mol. The normalized spacial score (nSPS) is 16.9. The van der Waals surface area contributed by atoms with Crippen molar-refractivity contribution in [3.8, 4) is 0 Å². The summed E-state index contributed by atoms with van der Waals surface area (Å²) in [6.07, 6.45) is 1.57. The highest BCUT2D eigenvalue weighted by molar-refractivity contribution is 8.00. The summed E-state index contributed by atoms with van der Waals surface area (Å²) >= 11 is 3.29. The van der Waals surface area contributed by atoms with Crippen molar-refractivity contribution in [1.29, 1.82) is 0 Å². The number of fused-ring (bicyclic) bond motifs is 1. The van der Waals surface area contributed by atoms with Crippen molar-refractivity contribution >= 4 is 40.7 Å². The van der Waals surface area contributed by atoms with E-state index < -0.39 is 0 Å². The second-order valence-electron chi connectivity index (χ2n) is 10.5. The highest BCUT2D eigenvalue weighted by Crippen LogP contribution is 2.49. The third-order valence-corrected chi connectivity index (χ3v) is 7.90. The van der Waals surface area contributed by atoms with Crippen LogP contribution < -0.4 is 10.2 Å². The fourth-order valence-electron chi connectivity index (χ4n) is 4.00. The van der Waals surface area contributed by atoms with Crippen LogP contribution in [0.2, 0.25) is 0 Å². The number of nitrogens with zero attached hydrogens (tertiary/aromatic N) is 3. The van der Waals surface area contributed by atoms with Gasteiger partial charge in [0.2, 0.25) is 11.8 Å². The SMILES string of the molecule is CC(C)(C)c1nn(C(C)(C)C)c2c1C(c1cccs1)SCC(=O)N2CC(=O)NCc1ccco1. The lowest BCUT2D eigenvalue weighted by molar-refractivity contribution is -0.123. The Morgan fingerprint density at radius 1 is 1.21 bits per heavy atom. The summed E-state index contributed by atoms with van der Waals surface area (Å²) in [6.45, 7) is 12.9. The first kappa shape index (κ1) is 24.6. The van der Waals surface area contributed by atoms with E-state index in [4.69, 9.17) is 9.52 Å². The Bertz CT molecular complexity index is 1150. The number of amides is 2. The Morgan fingerprint density at radius 2 is 1.97 bits per heavy atom. The number of thioether (sulfide) groups is 1. The van der Waals surface area contributed by atoms with Crippen molar-refractivity contribution in [2.45, 2.75) is 64.3 Å². The quantitative estimate of drug-likeness (QED) is 0.529. The molecular formula is C25H32N4O3S2. The molecule has 0 bridgehead atoms. The standard InChI is InChI=1S/C25H32N4O3S2/c1-24(2,3)22-20-21(17-10-8-12-33-17)34-15-19(31)28(23(20)29(27-22)25(4,5)6)14-18(30)26-13-16-9-7-11-32-16/h7-12,21H,13-15H2,1-6H3,(H,26,30). The monoisotopic (exact) mass is 500 g/mol. The van der Waals surface area contributed by atoms with Crippen LogP contribution >= 0.6 is 23.1 Å². The van der Waals surface area contributed by atoms with Crippen LogP contribution in [0.25, 0.3) is 0 Å². The lowest BCUT2D eigenvalue weighted by Crippen LogP contribution is -2.43. The molecule has 4 heterocycles. The first-order chi connectivity index (χ1) is 16.0. The van der Waals surface area contributed by atoms with Gasteiger partial charge in [0, 0.05) is 15.9 Å². The number of thiophene rings is 1. The van der Waals surface area contributed by atoms with Crippen LogP contribution in [0.3, 0.4) is 0 Å². The molecule has 0 radical (unpaired) electrons. The van der Waals surface area contributed by atoms with Gasteiger partial charge in [0.05, 0.1) is 35.0 Å². The van der Waals surface area contributed by atoms with Gasteiger partial charge in [-0.3, -0.25) is 14.5 Å². The average molecular weight is 501 g/mol. The van der Waals surface area contributed by atoms with Gasteiger partial charge in [0.25, 0.3) is 0 Å². The van der Waals surface area contributed by atoms with Gasteiger partial charge >= 0.3 is 0 Å². The molecule has 3 aromatic heterocycles. The number of rotatable bonds is 5. The summed E-state index contributed by atoms with van der Waals surface area (Å²) in [5.74, 6) is 1.34. The molecule has 0 aliphatic carbocycles. The van der Waals surface area contributed by atoms with Gasteiger partial charge in [-0.25, -0.2) is 4.68 Å². The molecule has 1 N–H and O–H groups in total. The van der Waals surface area contributed by atoms with E-state index >= 15 is 0 Å². The molecule has 1 unspecified atom stereocenters. The van der Waals surface area contributed by atoms with Gasteiger partial charge in [-0.1, -0.05) is 26.8 Å². The molecule has 0 spiro atoms. The molecule has 1 atom stereocenters. The van der Waals surface area contributed by atoms with Crippen molar-refractivity contribution < 1.29 is 14.0 Å². The zero-order chi connectivity index (χ0) is 24.7. The Labute approximate surface area is 208 Å². The van der Waals surface area contributed by atoms with E-state index in [9.17, 15) is 9.59 Å². The molecule has 7 nitrogen and oxygen atoms in total. The van der Waals surface area contributed by atoms with Gasteiger partial charge < -0.3 is 9.73 Å². The Morgan fingerprint density at radius 3 is 2.56 bits per heavy atom. The topological polar surface area (TPSA) is 80.4 Å². The summed E-state index contributed by atoms with van der Waals surface area (Å²) in [4.78, 5) is 29.2. The number of carbonyl (C=O) groups excluding carboxylic acids is 2. The van der Waals surface area contributed by atoms with Crippen molar-refractivity contribution in [2.75, 3.05) is 17.2 Å². The van der Waals surface area contributed by atoms with Crippen LogP contribution in [0.1, 0.15) is 68.7 Å². The number of hydrogen-bond acceptors (Lipinski definition) is 6. The second kappa shape index (κ2) is 9.26. The number of carbonyl (C=O) groups is 2. The minimum Gasteiger partial charge on any atom is -0.467 e. The molecule has 9 heteroatoms. The van der Waals surface area contributed by atoms with Crippen LogP contribution in [0.15, 0.2) is 40.3 Å². The Kier molecular flexibility index (Phi) is 6.70. The Balaban J connectivity index is 1.82. The molecule has 1 aliphatic heterocycles. The average Bonchev–Trinajstić information content (AvgIpc) is 3.49. The molecule has 0 saturated heterocycles. The molecule has 34 heavy (non-hydrogen) atoms. The first-order valence-corrected chi connectivity index (χ1v) is 13.3. The number of aromatic nitrogens is 2. The molecule has 182 valence electrons. The molecule has 0 fully saturated rings. The van der Waals surface area contributed by atoms with Gasteiger partial charge in [0.15, 0.2) is 0 Å². The van der Waals surface area contributed by atoms with Gasteiger partial charge in [0.1, 0.15) is 18.1 Å². The minimum absolute atomic E-state index is 0.0274. The predicted molar refractivity (Wildman–Crippen MR) is 137 cm³/mol. The fourth-order valence-corrected chi connectivity index (χ4v) is 6.18. The van der Waals surface area contributed by atoms with Crippen molar-refractivity contribution in [3.05, 3.63) is 57.8 Å². The summed E-state index contributed by atoms with van der Waals surface area (Å²) < 4.78 is 7.26. The third kappa shape index (κ3) is 4.95. The second-order valence-corrected chi connectivity index (χ2v) is 12.5. The molecule has 0 saturated carbocycles. The minimum atomic E-state index is -0.383. The maximum atomic E-state index is 13.5. The molecule has 4 rings (SSSR count). The van der Waals surface area contributed by atoms with E-state index in [2.05, 4.69) is 58.3 Å². The zero-order valence-corrected chi connectivity index (χ0v) is 22.2. The van der Waals surface area contributed by atoms with Crippen molar-refractivity contribution in [3.63, 3.8) is 0 Å². The van der Waals surface area contributed by atoms with E-state index in [0.717, 1.165) is 17.1 Å². The van der Waals surface area contributed by atoms with Crippen molar-refractivity contribution in [2.24, 2.45) is 0 Å². The van der Waals surface area contributed by atoms with Crippen LogP contribution in [-0.2, 0) is 27.1 Å². The Hall–Kier alpha value is -2.52. The number of hydrogen-bond donors (Lipinski definition) is 1. The van der Waals surface area contributed by atoms with Crippen LogP contribution in [0.5, 0.6) is 0 Å². The van der Waals surface area contributed by atoms with Gasteiger partial charge in [-0.15, -0.1) is 23.1 Å². The summed E-state index contributed by atoms with van der Waals surface area (Å²) in [6, 6.07) is 7.74. The van der Waals surface area contributed by atoms with E-state index in [1.165, 1.54) is 4.88 Å². The highest BCUT2D eigenvalue weighted by atomic mass is 32.2. The number of nitrogens with one attached hydrogen (secondary N) is 1. The highest BCUT2D eigenvalue weighted by Gasteiger charge is 2.41. The van der Waals surface area contributed by atoms with Crippen molar-refractivity contribution in [1.82, 2.24) is 15.1 Å². The third-order valence-electron chi connectivity index (χ3n) is 5.58. The van der Waals surface area contributed by atoms with E-state index in [-0.39, 0.29) is 46.9 Å². The molecule has 1 aliphatic rings. The van der Waals surface area contributed by atoms with Gasteiger partial charge in [-0.05, 0) is 44.4 Å². The van der Waals surface area contributed by atoms with E-state index in [1.54, 1.807) is 40.3 Å². The summed E-state index contributed by atoms with van der Waals surface area (Å²) in [7, 11) is 0. The maximum absolute atomic E-state index is 13.5. The molecule has 3 aromatic rings. The molecule has 0 aromatic carbocycles. The first-order valence-electron chi connectivity index (χ1n) is 11.3. The zero-order valence-electron chi connectivity index (χ0n) is 20.5. The summed E-state index contributed by atoms with van der Waals surface area (Å²) in [5, 5.41) is 9.99. The molecule has 2 amide bonds. The maximum Gasteiger partial charge on any atom is 0.240 e. The summed E-state index contributed by atoms with van der Waals surface area (Å²) in [5.41, 5.74) is 1.36. The lowest BCUT2D eigenvalue weighted by Gasteiger charge is -2.28. The largest absolute Gasteiger partial charge is 0.467 e. The van der Waals surface area contributed by atoms with E-state index in [0.29, 0.717) is 5.76 Å². The van der Waals surface area contributed by atoms with Crippen LogP contribution in [-0.4, -0.2) is 33.9 Å². The number of anilines is 1. The fraction of sp³-hybridized carbons (Fsp3) is 0.480. The number of furan rings is 1. The lowest BCUT2D eigenvalue weighted by atomic mass is 9.88. The smallest absolute Gasteiger partial charge is 0.240 e. The predicted octanol–water partition coefficient (Wildman–Crippen LogP) is 5.08. The van der Waals surface area contributed by atoms with Gasteiger partial charge in [-0.2, -0.15) is 5.10 Å².